The predicted molar refractivity (Wildman–Crippen MR) is 167 cm³/mol. The van der Waals surface area contributed by atoms with Crippen molar-refractivity contribution in [1.82, 2.24) is 0 Å². The van der Waals surface area contributed by atoms with Crippen LogP contribution < -0.4 is 5.73 Å². The molecule has 1 atom stereocenters. The van der Waals surface area contributed by atoms with E-state index in [1.54, 1.807) is 0 Å². The van der Waals surface area contributed by atoms with Gasteiger partial charge in [-0.2, -0.15) is 0 Å². The molecule has 0 aliphatic carbocycles. The molecule has 0 amide bonds. The van der Waals surface area contributed by atoms with Gasteiger partial charge in [-0.3, -0.25) is 0 Å². The number of hydrogen-bond acceptors (Lipinski definition) is 1. The Bertz CT molecular complexity index is 513. The minimum Gasteiger partial charge on any atom is -0.328 e. The number of hydrogen-bond donors (Lipinski definition) is 1. The van der Waals surface area contributed by atoms with E-state index >= 15 is 0 Å². The Morgan fingerprint density at radius 1 is 0.389 bits per heavy atom. The van der Waals surface area contributed by atoms with Crippen LogP contribution in [0.25, 0.3) is 0 Å². The molecule has 0 radical (unpaired) electrons. The highest BCUT2D eigenvalue weighted by atomic mass is 14.6. The number of nitrogens with two attached hydrogens (primary N) is 1. The van der Waals surface area contributed by atoms with E-state index in [-0.39, 0.29) is 0 Å². The van der Waals surface area contributed by atoms with Crippen molar-refractivity contribution in [3.05, 3.63) is 48.6 Å². The van der Waals surface area contributed by atoms with E-state index in [0.717, 1.165) is 12.8 Å². The molecule has 2 N–H and O–H groups in total. The second-order valence-electron chi connectivity index (χ2n) is 10.8. The summed E-state index contributed by atoms with van der Waals surface area (Å²) < 4.78 is 0. The zero-order valence-corrected chi connectivity index (χ0v) is 24.7. The molecule has 210 valence electrons. The first kappa shape index (κ1) is 34.9. The Hall–Kier alpha value is -1.08. The van der Waals surface area contributed by atoms with E-state index in [4.69, 9.17) is 5.73 Å². The van der Waals surface area contributed by atoms with Crippen molar-refractivity contribution < 1.29 is 0 Å². The normalized spacial score (nSPS) is 13.3. The second kappa shape index (κ2) is 31.9. The van der Waals surface area contributed by atoms with Gasteiger partial charge in [0, 0.05) is 6.04 Å². The lowest BCUT2D eigenvalue weighted by Crippen LogP contribution is -2.19. The largest absolute Gasteiger partial charge is 0.328 e. The van der Waals surface area contributed by atoms with E-state index in [1.165, 1.54) is 141 Å². The Balaban J connectivity index is 3.28. The summed E-state index contributed by atoms with van der Waals surface area (Å²) in [6.45, 7) is 4.50. The molecule has 0 heterocycles. The monoisotopic (exact) mass is 500 g/mol. The zero-order valence-electron chi connectivity index (χ0n) is 24.7. The molecule has 0 spiro atoms. The van der Waals surface area contributed by atoms with Gasteiger partial charge in [-0.1, -0.05) is 146 Å². The lowest BCUT2D eigenvalue weighted by molar-refractivity contribution is 0.482. The zero-order chi connectivity index (χ0) is 26.2. The van der Waals surface area contributed by atoms with Gasteiger partial charge in [0.15, 0.2) is 0 Å². The minimum absolute atomic E-state index is 0.437. The van der Waals surface area contributed by atoms with Crippen LogP contribution in [0.15, 0.2) is 48.6 Å². The quantitative estimate of drug-likeness (QED) is 0.0840. The number of unbranched alkanes of at least 4 members (excludes halogenated alkanes) is 16. The van der Waals surface area contributed by atoms with Crippen molar-refractivity contribution >= 4 is 0 Å². The molecule has 36 heavy (non-hydrogen) atoms. The molecular formula is C35H65N. The molecule has 1 nitrogen and oxygen atoms in total. The maximum atomic E-state index is 6.36. The van der Waals surface area contributed by atoms with E-state index in [1.807, 2.05) is 0 Å². The van der Waals surface area contributed by atoms with E-state index in [0.29, 0.717) is 6.04 Å². The van der Waals surface area contributed by atoms with Crippen LogP contribution in [0, 0.1) is 0 Å². The van der Waals surface area contributed by atoms with Crippen LogP contribution in [-0.4, -0.2) is 6.04 Å². The molecule has 0 rings (SSSR count). The van der Waals surface area contributed by atoms with E-state index < -0.39 is 0 Å². The fourth-order valence-corrected chi connectivity index (χ4v) is 4.59. The number of allylic oxidation sites excluding steroid dienone is 8. The summed E-state index contributed by atoms with van der Waals surface area (Å²) in [5, 5.41) is 0. The molecule has 1 unspecified atom stereocenters. The Kier molecular flexibility index (Phi) is 31.0. The van der Waals surface area contributed by atoms with Gasteiger partial charge >= 0.3 is 0 Å². The Morgan fingerprint density at radius 3 is 1.17 bits per heavy atom. The third kappa shape index (κ3) is 31.0. The van der Waals surface area contributed by atoms with Crippen LogP contribution in [0.5, 0.6) is 0 Å². The first-order valence-corrected chi connectivity index (χ1v) is 16.2. The summed E-state index contributed by atoms with van der Waals surface area (Å²) in [5.74, 6) is 0. The minimum atomic E-state index is 0.437. The summed E-state index contributed by atoms with van der Waals surface area (Å²) in [4.78, 5) is 0. The molecule has 0 saturated carbocycles. The van der Waals surface area contributed by atoms with Gasteiger partial charge in [0.05, 0.1) is 0 Å². The van der Waals surface area contributed by atoms with Gasteiger partial charge in [-0.15, -0.1) is 0 Å². The summed E-state index contributed by atoms with van der Waals surface area (Å²) in [7, 11) is 0. The molecule has 0 aliphatic heterocycles. The Morgan fingerprint density at radius 2 is 0.750 bits per heavy atom. The molecule has 0 aliphatic rings. The van der Waals surface area contributed by atoms with Gasteiger partial charge in [0.25, 0.3) is 0 Å². The highest BCUT2D eigenvalue weighted by molar-refractivity contribution is 4.93. The summed E-state index contributed by atoms with van der Waals surface area (Å²) in [6.07, 6.45) is 50.0. The second-order valence-corrected chi connectivity index (χ2v) is 10.8. The first-order chi connectivity index (χ1) is 17.8. The highest BCUT2D eigenvalue weighted by Gasteiger charge is 2.02. The Labute approximate surface area is 228 Å². The van der Waals surface area contributed by atoms with Crippen molar-refractivity contribution in [3.8, 4) is 0 Å². The molecule has 0 bridgehead atoms. The molecule has 0 fully saturated rings. The first-order valence-electron chi connectivity index (χ1n) is 16.2. The lowest BCUT2D eigenvalue weighted by atomic mass is 10.0. The maximum Gasteiger partial charge on any atom is 0.00388 e. The van der Waals surface area contributed by atoms with Crippen LogP contribution in [0.1, 0.15) is 168 Å². The molecule has 1 heteroatoms. The van der Waals surface area contributed by atoms with Crippen molar-refractivity contribution in [3.63, 3.8) is 0 Å². The summed E-state index contributed by atoms with van der Waals surface area (Å²) in [6, 6.07) is 0.437. The van der Waals surface area contributed by atoms with Crippen molar-refractivity contribution in [1.29, 1.82) is 0 Å². The van der Waals surface area contributed by atoms with E-state index in [2.05, 4.69) is 62.5 Å². The maximum absolute atomic E-state index is 6.36. The average Bonchev–Trinajstić information content (AvgIpc) is 2.88. The highest BCUT2D eigenvalue weighted by Crippen LogP contribution is 2.14. The fourth-order valence-electron chi connectivity index (χ4n) is 4.59. The van der Waals surface area contributed by atoms with Gasteiger partial charge in [-0.25, -0.2) is 0 Å². The summed E-state index contributed by atoms with van der Waals surface area (Å²) >= 11 is 0. The van der Waals surface area contributed by atoms with Crippen molar-refractivity contribution in [2.24, 2.45) is 5.73 Å². The third-order valence-electron chi connectivity index (χ3n) is 7.03. The van der Waals surface area contributed by atoms with E-state index in [9.17, 15) is 0 Å². The fraction of sp³-hybridized carbons (Fsp3) is 0.771. The van der Waals surface area contributed by atoms with Crippen LogP contribution >= 0.6 is 0 Å². The lowest BCUT2D eigenvalue weighted by Gasteiger charge is -2.11. The van der Waals surface area contributed by atoms with Crippen LogP contribution in [0.4, 0.5) is 0 Å². The third-order valence-corrected chi connectivity index (χ3v) is 7.03. The topological polar surface area (TPSA) is 26.0 Å². The predicted octanol–water partition coefficient (Wildman–Crippen LogP) is 11.9. The van der Waals surface area contributed by atoms with Crippen LogP contribution in [0.2, 0.25) is 0 Å². The SMILES string of the molecule is CCCC=CCC=CCCCCCCCCC(N)CCCCCCCCC=CCC=CCCCCC. The molecule has 0 aromatic carbocycles. The molecule has 0 saturated heterocycles. The van der Waals surface area contributed by atoms with Gasteiger partial charge in [-0.05, 0) is 70.6 Å². The van der Waals surface area contributed by atoms with Gasteiger partial charge < -0.3 is 5.73 Å². The van der Waals surface area contributed by atoms with Crippen molar-refractivity contribution in [2.75, 3.05) is 0 Å². The molecule has 0 aromatic heterocycles. The van der Waals surface area contributed by atoms with Gasteiger partial charge in [0.1, 0.15) is 0 Å². The van der Waals surface area contributed by atoms with Crippen LogP contribution in [0.3, 0.4) is 0 Å². The smallest absolute Gasteiger partial charge is 0.00388 e. The van der Waals surface area contributed by atoms with Gasteiger partial charge in [0.2, 0.25) is 0 Å². The van der Waals surface area contributed by atoms with Crippen molar-refractivity contribution in [2.45, 2.75) is 174 Å². The summed E-state index contributed by atoms with van der Waals surface area (Å²) in [5.41, 5.74) is 6.36. The van der Waals surface area contributed by atoms with Crippen LogP contribution in [-0.2, 0) is 0 Å². The average molecular weight is 500 g/mol. The molecule has 0 aromatic rings. The molecular weight excluding hydrogens is 434 g/mol. The number of rotatable bonds is 28. The standard InChI is InChI=1S/C35H65N/c1-3-5-7-9-11-13-15-17-19-20-22-24-26-28-30-32-34-35(36)33-31-29-27-25-23-21-18-16-14-12-10-8-6-4-2/h8,10-11,13-14,16-17,19,35H,3-7,9,12,15,18,20-34,36H2,1-2H3.